The van der Waals surface area contributed by atoms with Crippen molar-refractivity contribution in [2.24, 2.45) is 0 Å². The maximum atomic E-state index is 11.8. The van der Waals surface area contributed by atoms with E-state index in [1.807, 2.05) is 0 Å². The van der Waals surface area contributed by atoms with E-state index in [0.717, 1.165) is 12.1 Å². The molecule has 1 atom stereocenters. The van der Waals surface area contributed by atoms with E-state index < -0.39 is 22.3 Å². The molecule has 2 rings (SSSR count). The average molecular weight is 265 g/mol. The number of hydrogen-bond acceptors (Lipinski definition) is 5. The minimum Gasteiger partial charge on any atom is -0.502 e. The number of nitrogens with one attached hydrogen (secondary N) is 2. The van der Waals surface area contributed by atoms with Crippen molar-refractivity contribution in [1.82, 2.24) is 10.6 Å². The molecule has 3 N–H and O–H groups in total. The van der Waals surface area contributed by atoms with E-state index in [0.29, 0.717) is 6.54 Å². The van der Waals surface area contributed by atoms with Gasteiger partial charge in [-0.25, -0.2) is 0 Å². The molecule has 19 heavy (non-hydrogen) atoms. The van der Waals surface area contributed by atoms with Gasteiger partial charge in [0.05, 0.1) is 11.0 Å². The first kappa shape index (κ1) is 12.8. The summed E-state index contributed by atoms with van der Waals surface area (Å²) in [4.78, 5) is 32.6. The van der Waals surface area contributed by atoms with Crippen LogP contribution in [0.5, 0.6) is 5.75 Å². The van der Waals surface area contributed by atoms with E-state index in [9.17, 15) is 24.8 Å². The molecular formula is C11H11N3O5. The molecule has 0 radical (unpaired) electrons. The van der Waals surface area contributed by atoms with Crippen LogP contribution in [0.4, 0.5) is 5.69 Å². The Morgan fingerprint density at radius 2 is 2.26 bits per heavy atom. The lowest BCUT2D eigenvalue weighted by atomic mass is 10.1. The second-order valence-corrected chi connectivity index (χ2v) is 4.14. The molecule has 100 valence electrons. The van der Waals surface area contributed by atoms with Crippen molar-refractivity contribution in [1.29, 1.82) is 0 Å². The number of hydrogen-bond donors (Lipinski definition) is 3. The Balaban J connectivity index is 2.09. The lowest BCUT2D eigenvalue weighted by molar-refractivity contribution is -0.385. The second kappa shape index (κ2) is 4.92. The second-order valence-electron chi connectivity index (χ2n) is 4.14. The molecule has 0 saturated carbocycles. The number of phenols is 1. The number of nitro groups is 1. The molecule has 0 aliphatic carbocycles. The fourth-order valence-electron chi connectivity index (χ4n) is 1.80. The molecule has 8 heteroatoms. The van der Waals surface area contributed by atoms with Crippen LogP contribution in [0.25, 0.3) is 0 Å². The van der Waals surface area contributed by atoms with Crippen LogP contribution in [0, 0.1) is 10.1 Å². The number of aromatic hydroxyl groups is 1. The zero-order valence-corrected chi connectivity index (χ0v) is 9.75. The fourth-order valence-corrected chi connectivity index (χ4v) is 1.80. The van der Waals surface area contributed by atoms with Crippen molar-refractivity contribution >= 4 is 17.5 Å². The Bertz CT molecular complexity index is 557. The van der Waals surface area contributed by atoms with Gasteiger partial charge in [-0.1, -0.05) is 0 Å². The average Bonchev–Trinajstić information content (AvgIpc) is 2.74. The summed E-state index contributed by atoms with van der Waals surface area (Å²) in [5.74, 6) is -1.21. The highest BCUT2D eigenvalue weighted by Gasteiger charge is 2.24. The molecule has 8 nitrogen and oxygen atoms in total. The summed E-state index contributed by atoms with van der Waals surface area (Å²) >= 11 is 0. The molecule has 2 amide bonds. The number of carbonyl (C=O) groups excluding carboxylic acids is 2. The van der Waals surface area contributed by atoms with Gasteiger partial charge in [-0.05, 0) is 12.1 Å². The number of benzene rings is 1. The van der Waals surface area contributed by atoms with E-state index in [4.69, 9.17) is 0 Å². The third kappa shape index (κ3) is 2.79. The van der Waals surface area contributed by atoms with Crippen LogP contribution in [-0.2, 0) is 4.79 Å². The highest BCUT2D eigenvalue weighted by Crippen LogP contribution is 2.26. The van der Waals surface area contributed by atoms with Gasteiger partial charge in [0.1, 0.15) is 0 Å². The van der Waals surface area contributed by atoms with Crippen molar-refractivity contribution in [3.8, 4) is 5.75 Å². The van der Waals surface area contributed by atoms with Gasteiger partial charge in [0.15, 0.2) is 5.75 Å². The van der Waals surface area contributed by atoms with Crippen LogP contribution < -0.4 is 10.6 Å². The maximum Gasteiger partial charge on any atom is 0.310 e. The van der Waals surface area contributed by atoms with Gasteiger partial charge in [0.2, 0.25) is 5.91 Å². The molecular weight excluding hydrogens is 254 g/mol. The van der Waals surface area contributed by atoms with Crippen molar-refractivity contribution < 1.29 is 19.6 Å². The minimum absolute atomic E-state index is 0.0995. The Kier molecular flexibility index (Phi) is 3.32. The van der Waals surface area contributed by atoms with Gasteiger partial charge in [-0.2, -0.15) is 0 Å². The largest absolute Gasteiger partial charge is 0.502 e. The third-order valence-corrected chi connectivity index (χ3v) is 2.75. The molecule has 0 bridgehead atoms. The molecule has 1 fully saturated rings. The predicted molar refractivity (Wildman–Crippen MR) is 63.6 cm³/mol. The van der Waals surface area contributed by atoms with Gasteiger partial charge in [-0.3, -0.25) is 19.7 Å². The SMILES string of the molecule is O=C1CC(NC(=O)c2ccc([N+](=O)[O-])c(O)c2)CN1. The number of nitrogens with zero attached hydrogens (tertiary/aromatic N) is 1. The number of rotatable bonds is 3. The van der Waals surface area contributed by atoms with Gasteiger partial charge in [-0.15, -0.1) is 0 Å². The van der Waals surface area contributed by atoms with E-state index >= 15 is 0 Å². The summed E-state index contributed by atoms with van der Waals surface area (Å²) in [5.41, 5.74) is -0.364. The van der Waals surface area contributed by atoms with Crippen molar-refractivity contribution in [2.45, 2.75) is 12.5 Å². The molecule has 1 aromatic rings. The van der Waals surface area contributed by atoms with Crippen LogP contribution in [0.2, 0.25) is 0 Å². The minimum atomic E-state index is -0.740. The quantitative estimate of drug-likeness (QED) is 0.521. The number of nitro benzene ring substituents is 1. The lowest BCUT2D eigenvalue weighted by Crippen LogP contribution is -2.36. The van der Waals surface area contributed by atoms with E-state index in [-0.39, 0.29) is 23.9 Å². The maximum absolute atomic E-state index is 11.8. The third-order valence-electron chi connectivity index (χ3n) is 2.75. The zero-order chi connectivity index (χ0) is 14.0. The van der Waals surface area contributed by atoms with Gasteiger partial charge in [0.25, 0.3) is 5.91 Å². The standard InChI is InChI=1S/C11H11N3O5/c15-9-3-6(1-2-8(9)14(18)19)11(17)13-7-4-10(16)12-5-7/h1-3,7,15H,4-5H2,(H,12,16)(H,13,17). The van der Waals surface area contributed by atoms with E-state index in [1.54, 1.807) is 0 Å². The molecule has 1 aliphatic rings. The summed E-state index contributed by atoms with van der Waals surface area (Å²) in [6.07, 6.45) is 0.199. The zero-order valence-electron chi connectivity index (χ0n) is 9.75. The Morgan fingerprint density at radius 3 is 2.79 bits per heavy atom. The lowest BCUT2D eigenvalue weighted by Gasteiger charge is -2.10. The smallest absolute Gasteiger partial charge is 0.310 e. The van der Waals surface area contributed by atoms with Crippen LogP contribution in [-0.4, -0.2) is 34.4 Å². The van der Waals surface area contributed by atoms with Crippen LogP contribution in [0.1, 0.15) is 16.8 Å². The normalized spacial score (nSPS) is 17.9. The molecule has 1 unspecified atom stereocenters. The van der Waals surface area contributed by atoms with Gasteiger partial charge < -0.3 is 15.7 Å². The molecule has 0 aromatic heterocycles. The van der Waals surface area contributed by atoms with Crippen LogP contribution in [0.15, 0.2) is 18.2 Å². The van der Waals surface area contributed by atoms with Crippen molar-refractivity contribution in [3.63, 3.8) is 0 Å². The first-order valence-corrected chi connectivity index (χ1v) is 5.52. The summed E-state index contributed by atoms with van der Waals surface area (Å²) in [7, 11) is 0. The van der Waals surface area contributed by atoms with E-state index in [1.165, 1.54) is 6.07 Å². The first-order valence-electron chi connectivity index (χ1n) is 5.52. The summed E-state index contributed by atoms with van der Waals surface area (Å²) in [6, 6.07) is 3.02. The Hall–Kier alpha value is -2.64. The highest BCUT2D eigenvalue weighted by atomic mass is 16.6. The van der Waals surface area contributed by atoms with Gasteiger partial charge >= 0.3 is 5.69 Å². The van der Waals surface area contributed by atoms with Crippen LogP contribution in [0.3, 0.4) is 0 Å². The molecule has 0 spiro atoms. The monoisotopic (exact) mass is 265 g/mol. The molecule has 1 saturated heterocycles. The number of phenolic OH excluding ortho intramolecular Hbond substituents is 1. The summed E-state index contributed by atoms with van der Waals surface area (Å²) < 4.78 is 0. The van der Waals surface area contributed by atoms with Crippen LogP contribution >= 0.6 is 0 Å². The molecule has 1 heterocycles. The highest BCUT2D eigenvalue weighted by molar-refractivity contribution is 5.95. The fraction of sp³-hybridized carbons (Fsp3) is 0.273. The number of carbonyl (C=O) groups is 2. The van der Waals surface area contributed by atoms with E-state index in [2.05, 4.69) is 10.6 Å². The summed E-state index contributed by atoms with van der Waals surface area (Å²) in [6.45, 7) is 0.351. The first-order chi connectivity index (χ1) is 8.97. The van der Waals surface area contributed by atoms with Gasteiger partial charge in [0, 0.05) is 24.6 Å². The number of amides is 2. The Labute approximate surface area is 107 Å². The molecule has 1 aromatic carbocycles. The predicted octanol–water partition coefficient (Wildman–Crippen LogP) is -0.0813. The summed E-state index contributed by atoms with van der Waals surface area (Å²) in [5, 5.41) is 25.1. The Morgan fingerprint density at radius 1 is 1.53 bits per heavy atom. The topological polar surface area (TPSA) is 122 Å². The van der Waals surface area contributed by atoms with Crippen molar-refractivity contribution in [2.75, 3.05) is 6.54 Å². The molecule has 1 aliphatic heterocycles. The van der Waals surface area contributed by atoms with Crippen molar-refractivity contribution in [3.05, 3.63) is 33.9 Å².